The fraction of sp³-hybridized carbons (Fsp3) is 0.333. The predicted molar refractivity (Wildman–Crippen MR) is 60.9 cm³/mol. The zero-order chi connectivity index (χ0) is 10.7. The Bertz CT molecular complexity index is 318. The van der Waals surface area contributed by atoms with E-state index in [0.29, 0.717) is 5.69 Å². The van der Waals surface area contributed by atoms with E-state index in [-0.39, 0.29) is 0 Å². The van der Waals surface area contributed by atoms with Crippen molar-refractivity contribution in [1.82, 2.24) is 0 Å². The smallest absolute Gasteiger partial charge is 0.258 e. The van der Waals surface area contributed by atoms with Gasteiger partial charge in [0, 0.05) is 14.6 Å². The Hall–Kier alpha value is -0.160. The van der Waals surface area contributed by atoms with Gasteiger partial charge in [-0.15, -0.1) is 0 Å². The molecule has 0 spiro atoms. The summed E-state index contributed by atoms with van der Waals surface area (Å²) in [5.41, 5.74) is 0.659. The second kappa shape index (κ2) is 5.07. The third-order valence-corrected chi connectivity index (χ3v) is 2.87. The number of alkyl halides is 2. The monoisotopic (exact) mass is 327 g/mol. The highest BCUT2D eigenvalue weighted by Crippen LogP contribution is 2.27. The number of nitrogens with one attached hydrogen (secondary N) is 1. The Kier molecular flexibility index (Phi) is 4.31. The maximum Gasteiger partial charge on any atom is 0.258 e. The van der Waals surface area contributed by atoms with Crippen LogP contribution in [0.3, 0.4) is 0 Å². The maximum atomic E-state index is 12.3. The summed E-state index contributed by atoms with van der Waals surface area (Å²) in [6.45, 7) is 1.44. The van der Waals surface area contributed by atoms with Crippen LogP contribution in [-0.2, 0) is 0 Å². The van der Waals surface area contributed by atoms with Crippen LogP contribution in [0, 0.1) is 0 Å². The van der Waals surface area contributed by atoms with E-state index >= 15 is 0 Å². The molecule has 0 saturated heterocycles. The second-order valence-corrected chi connectivity index (χ2v) is 4.66. The van der Waals surface area contributed by atoms with E-state index in [1.807, 2.05) is 6.07 Å². The minimum atomic E-state index is -2.37. The predicted octanol–water partition coefficient (Wildman–Crippen LogP) is 4.28. The van der Waals surface area contributed by atoms with Crippen LogP contribution in [0.1, 0.15) is 6.92 Å². The van der Waals surface area contributed by atoms with Gasteiger partial charge in [-0.1, -0.05) is 15.9 Å². The van der Waals surface area contributed by atoms with Crippen molar-refractivity contribution in [1.29, 1.82) is 0 Å². The van der Waals surface area contributed by atoms with Crippen LogP contribution < -0.4 is 5.32 Å². The molecule has 78 valence electrons. The summed E-state index contributed by atoms with van der Waals surface area (Å²) in [7, 11) is 0. The third kappa shape index (κ3) is 3.20. The van der Waals surface area contributed by atoms with Gasteiger partial charge in [0.25, 0.3) is 6.43 Å². The van der Waals surface area contributed by atoms with Crippen molar-refractivity contribution in [2.45, 2.75) is 19.4 Å². The summed E-state index contributed by atoms with van der Waals surface area (Å²) < 4.78 is 26.1. The van der Waals surface area contributed by atoms with Crippen LogP contribution in [0.25, 0.3) is 0 Å². The van der Waals surface area contributed by atoms with Crippen molar-refractivity contribution in [3.8, 4) is 0 Å². The molecule has 1 aromatic carbocycles. The topological polar surface area (TPSA) is 12.0 Å². The Morgan fingerprint density at radius 3 is 2.50 bits per heavy atom. The van der Waals surface area contributed by atoms with E-state index in [1.54, 1.807) is 12.1 Å². The summed E-state index contributed by atoms with van der Waals surface area (Å²) in [4.78, 5) is 0. The number of halogens is 4. The summed E-state index contributed by atoms with van der Waals surface area (Å²) in [6, 6.07) is 4.52. The number of hydrogen-bond donors (Lipinski definition) is 1. The number of benzene rings is 1. The Morgan fingerprint density at radius 2 is 1.93 bits per heavy atom. The molecule has 0 bridgehead atoms. The van der Waals surface area contributed by atoms with Gasteiger partial charge in [0.1, 0.15) is 0 Å². The molecule has 1 N–H and O–H groups in total. The molecule has 1 atom stereocenters. The van der Waals surface area contributed by atoms with E-state index in [9.17, 15) is 8.78 Å². The van der Waals surface area contributed by atoms with Crippen molar-refractivity contribution in [2.24, 2.45) is 0 Å². The van der Waals surface area contributed by atoms with Gasteiger partial charge in [-0.2, -0.15) is 0 Å². The van der Waals surface area contributed by atoms with Gasteiger partial charge in [0.05, 0.1) is 6.04 Å². The summed E-state index contributed by atoms with van der Waals surface area (Å²) >= 11 is 6.55. The van der Waals surface area contributed by atoms with Crippen LogP contribution in [0.4, 0.5) is 14.5 Å². The molecule has 1 nitrogen and oxygen atoms in total. The van der Waals surface area contributed by atoms with Gasteiger partial charge in [-0.25, -0.2) is 8.78 Å². The second-order valence-electron chi connectivity index (χ2n) is 2.89. The van der Waals surface area contributed by atoms with Crippen LogP contribution in [0.15, 0.2) is 27.1 Å². The molecule has 0 aromatic heterocycles. The Labute approximate surface area is 98.1 Å². The largest absolute Gasteiger partial charge is 0.376 e. The molecule has 1 rings (SSSR count). The molecule has 0 heterocycles. The molecule has 0 aliphatic heterocycles. The van der Waals surface area contributed by atoms with E-state index < -0.39 is 12.5 Å². The van der Waals surface area contributed by atoms with E-state index in [4.69, 9.17) is 0 Å². The summed E-state index contributed by atoms with van der Waals surface area (Å²) in [5.74, 6) is 0. The number of hydrogen-bond acceptors (Lipinski definition) is 1. The van der Waals surface area contributed by atoms with Gasteiger partial charge in [0.15, 0.2) is 0 Å². The fourth-order valence-corrected chi connectivity index (χ4v) is 1.64. The molecule has 0 fully saturated rings. The number of rotatable bonds is 3. The van der Waals surface area contributed by atoms with E-state index in [1.165, 1.54) is 6.92 Å². The molecular formula is C9H9Br2F2N. The first-order valence-electron chi connectivity index (χ1n) is 4.00. The lowest BCUT2D eigenvalue weighted by Gasteiger charge is -2.15. The highest BCUT2D eigenvalue weighted by Gasteiger charge is 2.14. The molecule has 1 aromatic rings. The van der Waals surface area contributed by atoms with Crippen LogP contribution in [-0.4, -0.2) is 12.5 Å². The van der Waals surface area contributed by atoms with E-state index in [2.05, 4.69) is 37.2 Å². The number of anilines is 1. The third-order valence-electron chi connectivity index (χ3n) is 1.69. The molecule has 5 heteroatoms. The van der Waals surface area contributed by atoms with Crippen LogP contribution in [0.2, 0.25) is 0 Å². The first kappa shape index (κ1) is 11.9. The minimum Gasteiger partial charge on any atom is -0.376 e. The van der Waals surface area contributed by atoms with Crippen LogP contribution in [0.5, 0.6) is 0 Å². The molecule has 0 aliphatic rings. The molecule has 0 aliphatic carbocycles. The molecule has 0 amide bonds. The first-order chi connectivity index (χ1) is 6.50. The van der Waals surface area contributed by atoms with Crippen molar-refractivity contribution < 1.29 is 8.78 Å². The van der Waals surface area contributed by atoms with Crippen molar-refractivity contribution in [3.05, 3.63) is 27.1 Å². The lowest BCUT2D eigenvalue weighted by molar-refractivity contribution is 0.130. The lowest BCUT2D eigenvalue weighted by Crippen LogP contribution is -2.23. The van der Waals surface area contributed by atoms with Gasteiger partial charge in [0.2, 0.25) is 0 Å². The average molecular weight is 329 g/mol. The lowest BCUT2D eigenvalue weighted by atomic mass is 10.3. The Balaban J connectivity index is 2.80. The Morgan fingerprint density at radius 1 is 1.29 bits per heavy atom. The standard InChI is InChI=1S/C9H9Br2F2N/c1-5(9(12)13)14-8-4-6(10)2-3-7(8)11/h2-5,9,14H,1H3. The molecule has 0 saturated carbocycles. The first-order valence-corrected chi connectivity index (χ1v) is 5.59. The minimum absolute atomic E-state index is 0.659. The van der Waals surface area contributed by atoms with Crippen LogP contribution >= 0.6 is 31.9 Å². The quantitative estimate of drug-likeness (QED) is 0.873. The van der Waals surface area contributed by atoms with Crippen molar-refractivity contribution in [3.63, 3.8) is 0 Å². The highest BCUT2D eigenvalue weighted by atomic mass is 79.9. The zero-order valence-electron chi connectivity index (χ0n) is 7.40. The van der Waals surface area contributed by atoms with Gasteiger partial charge in [-0.05, 0) is 41.1 Å². The SMILES string of the molecule is CC(Nc1cc(Br)ccc1Br)C(F)F. The highest BCUT2D eigenvalue weighted by molar-refractivity contribution is 9.11. The van der Waals surface area contributed by atoms with Gasteiger partial charge in [-0.3, -0.25) is 0 Å². The molecule has 0 radical (unpaired) electrons. The zero-order valence-corrected chi connectivity index (χ0v) is 10.6. The average Bonchev–Trinajstić information content (AvgIpc) is 2.11. The normalized spacial score (nSPS) is 13.0. The molecule has 1 unspecified atom stereocenters. The van der Waals surface area contributed by atoms with E-state index in [0.717, 1.165) is 8.95 Å². The molecular weight excluding hydrogens is 320 g/mol. The van der Waals surface area contributed by atoms with Crippen molar-refractivity contribution in [2.75, 3.05) is 5.32 Å². The molecule has 14 heavy (non-hydrogen) atoms. The van der Waals surface area contributed by atoms with Gasteiger partial charge < -0.3 is 5.32 Å². The summed E-state index contributed by atoms with van der Waals surface area (Å²) in [5, 5.41) is 2.72. The maximum absolute atomic E-state index is 12.3. The summed E-state index contributed by atoms with van der Waals surface area (Å²) in [6.07, 6.45) is -2.37. The fourth-order valence-electron chi connectivity index (χ4n) is 0.916. The van der Waals surface area contributed by atoms with Crippen molar-refractivity contribution >= 4 is 37.5 Å². The van der Waals surface area contributed by atoms with Gasteiger partial charge >= 0.3 is 0 Å².